The van der Waals surface area contributed by atoms with Crippen LogP contribution in [-0.2, 0) is 20.9 Å². The number of rotatable bonds is 6. The predicted octanol–water partition coefficient (Wildman–Crippen LogP) is 0.792. The summed E-state index contributed by atoms with van der Waals surface area (Å²) in [5.74, 6) is -1.41. The summed E-state index contributed by atoms with van der Waals surface area (Å²) < 4.78 is 4.84. The monoisotopic (exact) mass is 237 g/mol. The second-order valence-corrected chi connectivity index (χ2v) is 3.55. The maximum Gasteiger partial charge on any atom is 0.332 e. The Morgan fingerprint density at radius 2 is 2.00 bits per heavy atom. The topological polar surface area (TPSA) is 75.6 Å². The smallest absolute Gasteiger partial charge is 0.332 e. The number of carboxylic acids is 1. The summed E-state index contributed by atoms with van der Waals surface area (Å²) in [6, 6.07) is 9.43. The van der Waals surface area contributed by atoms with E-state index in [0.717, 1.165) is 5.56 Å². The first-order valence-electron chi connectivity index (χ1n) is 5.24. The number of aliphatic carboxylic acids is 1. The van der Waals surface area contributed by atoms with Crippen molar-refractivity contribution < 1.29 is 19.4 Å². The Morgan fingerprint density at radius 1 is 1.35 bits per heavy atom. The van der Waals surface area contributed by atoms with E-state index in [9.17, 15) is 9.59 Å². The lowest BCUT2D eigenvalue weighted by molar-refractivity contribution is -0.150. The summed E-state index contributed by atoms with van der Waals surface area (Å²) in [4.78, 5) is 21.7. The Labute approximate surface area is 99.4 Å². The van der Waals surface area contributed by atoms with Crippen LogP contribution in [0.4, 0.5) is 0 Å². The van der Waals surface area contributed by atoms with E-state index in [4.69, 9.17) is 9.84 Å². The summed E-state index contributed by atoms with van der Waals surface area (Å²) >= 11 is 0. The Bertz CT molecular complexity index is 377. The van der Waals surface area contributed by atoms with Gasteiger partial charge in [-0.05, 0) is 12.5 Å². The first kappa shape index (κ1) is 13.2. The molecule has 0 bridgehead atoms. The van der Waals surface area contributed by atoms with Crippen molar-refractivity contribution >= 4 is 11.9 Å². The van der Waals surface area contributed by atoms with E-state index in [1.165, 1.54) is 6.92 Å². The third-order valence-electron chi connectivity index (χ3n) is 2.14. The molecule has 17 heavy (non-hydrogen) atoms. The molecule has 0 spiro atoms. The van der Waals surface area contributed by atoms with Crippen LogP contribution in [0.1, 0.15) is 12.5 Å². The fourth-order valence-electron chi connectivity index (χ4n) is 1.12. The van der Waals surface area contributed by atoms with Crippen molar-refractivity contribution in [2.75, 3.05) is 6.61 Å². The molecule has 1 aromatic carbocycles. The average Bonchev–Trinajstić information content (AvgIpc) is 2.34. The summed E-state index contributed by atoms with van der Waals surface area (Å²) in [7, 11) is 0. The van der Waals surface area contributed by atoms with Crippen molar-refractivity contribution in [2.24, 2.45) is 0 Å². The van der Waals surface area contributed by atoms with Gasteiger partial charge in [-0.3, -0.25) is 4.79 Å². The molecule has 0 saturated heterocycles. The molecule has 5 heteroatoms. The molecule has 1 amide bonds. The number of carbonyl (C=O) groups is 2. The molecule has 1 rings (SSSR count). The SMILES string of the molecule is C[C@H](OCC(=O)NCc1ccccc1)C(=O)O. The lowest BCUT2D eigenvalue weighted by atomic mass is 10.2. The summed E-state index contributed by atoms with van der Waals surface area (Å²) in [5, 5.41) is 11.2. The molecule has 0 fully saturated rings. The molecule has 92 valence electrons. The lowest BCUT2D eigenvalue weighted by Gasteiger charge is -2.08. The average molecular weight is 237 g/mol. The maximum absolute atomic E-state index is 11.3. The van der Waals surface area contributed by atoms with Gasteiger partial charge in [-0.25, -0.2) is 4.79 Å². The zero-order chi connectivity index (χ0) is 12.7. The van der Waals surface area contributed by atoms with E-state index >= 15 is 0 Å². The normalized spacial score (nSPS) is 11.8. The minimum absolute atomic E-state index is 0.250. The number of ether oxygens (including phenoxy) is 1. The van der Waals surface area contributed by atoms with E-state index < -0.39 is 12.1 Å². The van der Waals surface area contributed by atoms with Crippen LogP contribution in [0.2, 0.25) is 0 Å². The molecule has 1 aromatic rings. The van der Waals surface area contributed by atoms with Gasteiger partial charge in [-0.2, -0.15) is 0 Å². The molecule has 0 aliphatic carbocycles. The van der Waals surface area contributed by atoms with Gasteiger partial charge in [0.25, 0.3) is 0 Å². The standard InChI is InChI=1S/C12H15NO4/c1-9(12(15)16)17-8-11(14)13-7-10-5-3-2-4-6-10/h2-6,9H,7-8H2,1H3,(H,13,14)(H,15,16)/t9-/m0/s1. The highest BCUT2D eigenvalue weighted by atomic mass is 16.5. The van der Waals surface area contributed by atoms with E-state index in [-0.39, 0.29) is 12.5 Å². The molecule has 0 aromatic heterocycles. The highest BCUT2D eigenvalue weighted by Gasteiger charge is 2.12. The van der Waals surface area contributed by atoms with Crippen LogP contribution in [0.5, 0.6) is 0 Å². The van der Waals surface area contributed by atoms with Gasteiger partial charge in [0, 0.05) is 6.54 Å². The van der Waals surface area contributed by atoms with Crippen LogP contribution >= 0.6 is 0 Å². The molecule has 1 atom stereocenters. The molecule has 0 aliphatic rings. The largest absolute Gasteiger partial charge is 0.479 e. The second kappa shape index (κ2) is 6.65. The van der Waals surface area contributed by atoms with Gasteiger partial charge in [0.15, 0.2) is 6.10 Å². The number of amides is 1. The van der Waals surface area contributed by atoms with Gasteiger partial charge in [0.2, 0.25) is 5.91 Å². The van der Waals surface area contributed by atoms with Gasteiger partial charge in [0.05, 0.1) is 0 Å². The Morgan fingerprint density at radius 3 is 2.59 bits per heavy atom. The van der Waals surface area contributed by atoms with Crippen molar-refractivity contribution in [3.8, 4) is 0 Å². The summed E-state index contributed by atoms with van der Waals surface area (Å²) in [6.07, 6.45) is -0.975. The van der Waals surface area contributed by atoms with Gasteiger partial charge < -0.3 is 15.2 Å². The second-order valence-electron chi connectivity index (χ2n) is 3.55. The third-order valence-corrected chi connectivity index (χ3v) is 2.14. The first-order chi connectivity index (χ1) is 8.09. The van der Waals surface area contributed by atoms with Gasteiger partial charge in [0.1, 0.15) is 6.61 Å². The van der Waals surface area contributed by atoms with Crippen LogP contribution in [0.15, 0.2) is 30.3 Å². The number of benzene rings is 1. The molecular weight excluding hydrogens is 222 g/mol. The molecule has 2 N–H and O–H groups in total. The molecule has 0 unspecified atom stereocenters. The molecule has 0 saturated carbocycles. The van der Waals surface area contributed by atoms with Crippen LogP contribution in [-0.4, -0.2) is 29.7 Å². The van der Waals surface area contributed by atoms with Crippen molar-refractivity contribution in [3.05, 3.63) is 35.9 Å². The number of hydrogen-bond acceptors (Lipinski definition) is 3. The number of hydrogen-bond donors (Lipinski definition) is 2. The molecule has 5 nitrogen and oxygen atoms in total. The summed E-state index contributed by atoms with van der Waals surface area (Å²) in [5.41, 5.74) is 0.979. The summed E-state index contributed by atoms with van der Waals surface area (Å²) in [6.45, 7) is 1.54. The van der Waals surface area contributed by atoms with Crippen molar-refractivity contribution in [2.45, 2.75) is 19.6 Å². The zero-order valence-electron chi connectivity index (χ0n) is 9.55. The van der Waals surface area contributed by atoms with E-state index in [1.807, 2.05) is 30.3 Å². The minimum atomic E-state index is -1.08. The van der Waals surface area contributed by atoms with E-state index in [2.05, 4.69) is 5.32 Å². The molecule has 0 radical (unpaired) electrons. The third kappa shape index (κ3) is 5.12. The number of carboxylic acid groups (broad SMARTS) is 1. The number of carbonyl (C=O) groups excluding carboxylic acids is 1. The zero-order valence-corrected chi connectivity index (χ0v) is 9.55. The van der Waals surface area contributed by atoms with Crippen LogP contribution < -0.4 is 5.32 Å². The predicted molar refractivity (Wildman–Crippen MR) is 61.3 cm³/mol. The first-order valence-corrected chi connectivity index (χ1v) is 5.24. The molecule has 0 aliphatic heterocycles. The van der Waals surface area contributed by atoms with Crippen molar-refractivity contribution in [3.63, 3.8) is 0 Å². The Hall–Kier alpha value is -1.88. The molecule has 0 heterocycles. The van der Waals surface area contributed by atoms with Crippen LogP contribution in [0.25, 0.3) is 0 Å². The van der Waals surface area contributed by atoms with E-state index in [0.29, 0.717) is 6.54 Å². The minimum Gasteiger partial charge on any atom is -0.479 e. The van der Waals surface area contributed by atoms with Crippen molar-refractivity contribution in [1.29, 1.82) is 0 Å². The fourth-order valence-corrected chi connectivity index (χ4v) is 1.12. The van der Waals surface area contributed by atoms with Gasteiger partial charge in [-0.1, -0.05) is 30.3 Å². The number of nitrogens with one attached hydrogen (secondary N) is 1. The van der Waals surface area contributed by atoms with Crippen molar-refractivity contribution in [1.82, 2.24) is 5.32 Å². The lowest BCUT2D eigenvalue weighted by Crippen LogP contribution is -2.31. The van der Waals surface area contributed by atoms with E-state index in [1.54, 1.807) is 0 Å². The van der Waals surface area contributed by atoms with Crippen LogP contribution in [0, 0.1) is 0 Å². The quantitative estimate of drug-likeness (QED) is 0.767. The highest BCUT2D eigenvalue weighted by molar-refractivity contribution is 5.78. The fraction of sp³-hybridized carbons (Fsp3) is 0.333. The molecular formula is C12H15NO4. The maximum atomic E-state index is 11.3. The Kier molecular flexibility index (Phi) is 5.16. The van der Waals surface area contributed by atoms with Gasteiger partial charge in [-0.15, -0.1) is 0 Å². The highest BCUT2D eigenvalue weighted by Crippen LogP contribution is 1.97. The van der Waals surface area contributed by atoms with Crippen LogP contribution in [0.3, 0.4) is 0 Å². The van der Waals surface area contributed by atoms with Gasteiger partial charge >= 0.3 is 5.97 Å². The Balaban J connectivity index is 2.24.